The molecule has 5 rings (SSSR count). The summed E-state index contributed by atoms with van der Waals surface area (Å²) in [6, 6.07) is 16.4. The molecule has 1 aliphatic heterocycles. The number of amides is 1. The Balaban J connectivity index is 1.42. The molecule has 2 aromatic carbocycles. The van der Waals surface area contributed by atoms with E-state index in [0.717, 1.165) is 28.1 Å². The van der Waals surface area contributed by atoms with E-state index in [-0.39, 0.29) is 5.91 Å². The van der Waals surface area contributed by atoms with Crippen LogP contribution >= 0.6 is 11.6 Å². The first-order valence-corrected chi connectivity index (χ1v) is 11.7. The predicted molar refractivity (Wildman–Crippen MR) is 144 cm³/mol. The molecule has 3 heterocycles. The van der Waals surface area contributed by atoms with E-state index < -0.39 is 0 Å². The van der Waals surface area contributed by atoms with Crippen molar-refractivity contribution in [3.05, 3.63) is 101 Å². The molecule has 9 nitrogen and oxygen atoms in total. The fraction of sp³-hybridized carbons (Fsp3) is 0.0741. The monoisotopic (exact) mass is 511 g/mol. The lowest BCUT2D eigenvalue weighted by Gasteiger charge is -2.13. The maximum atomic E-state index is 12.6. The molecule has 4 aromatic rings. The Labute approximate surface area is 217 Å². The molecule has 0 spiro atoms. The Hall–Kier alpha value is -4.60. The molecule has 0 bridgehead atoms. The molecular formula is C27H22ClN7O2. The van der Waals surface area contributed by atoms with Gasteiger partial charge >= 0.3 is 0 Å². The molecule has 0 saturated carbocycles. The minimum atomic E-state index is -0.322. The highest BCUT2D eigenvalue weighted by Crippen LogP contribution is 2.31. The lowest BCUT2D eigenvalue weighted by molar-refractivity contribution is 0.102. The SMILES string of the molecule is N=C/C(=C\N)c1ccc(Nc2nc(-c3cccc(NC(=O)c4cncc(Cl)c4)c3)nc3c2COC3)cc1. The van der Waals surface area contributed by atoms with Crippen LogP contribution in [0.15, 0.2) is 73.2 Å². The Kier molecular flexibility index (Phi) is 6.89. The van der Waals surface area contributed by atoms with Crippen molar-refractivity contribution in [1.82, 2.24) is 15.0 Å². The number of carbonyl (C=O) groups excluding carboxylic acids is 1. The molecule has 37 heavy (non-hydrogen) atoms. The minimum Gasteiger partial charge on any atom is -0.404 e. The Morgan fingerprint density at radius 1 is 1.03 bits per heavy atom. The van der Waals surface area contributed by atoms with Crippen molar-refractivity contribution in [2.75, 3.05) is 10.6 Å². The summed E-state index contributed by atoms with van der Waals surface area (Å²) in [7, 11) is 0. The number of hydrogen-bond acceptors (Lipinski definition) is 8. The predicted octanol–water partition coefficient (Wildman–Crippen LogP) is 5.17. The molecule has 0 aliphatic carbocycles. The summed E-state index contributed by atoms with van der Waals surface area (Å²) < 4.78 is 5.64. The minimum absolute atomic E-state index is 0.322. The molecule has 0 saturated heterocycles. The zero-order valence-corrected chi connectivity index (χ0v) is 20.3. The molecule has 0 fully saturated rings. The van der Waals surface area contributed by atoms with Crippen LogP contribution < -0.4 is 16.4 Å². The number of anilines is 3. The molecular weight excluding hydrogens is 490 g/mol. The number of rotatable bonds is 7. The Bertz CT molecular complexity index is 1520. The van der Waals surface area contributed by atoms with Gasteiger partial charge < -0.3 is 26.5 Å². The highest BCUT2D eigenvalue weighted by Gasteiger charge is 2.21. The van der Waals surface area contributed by atoms with Gasteiger partial charge in [0, 0.05) is 52.9 Å². The third kappa shape index (κ3) is 5.32. The van der Waals surface area contributed by atoms with Gasteiger partial charge in [-0.2, -0.15) is 0 Å². The first kappa shape index (κ1) is 24.1. The van der Waals surface area contributed by atoms with Crippen molar-refractivity contribution in [3.8, 4) is 11.4 Å². The topological polar surface area (TPSA) is 139 Å². The normalized spacial score (nSPS) is 12.6. The quantitative estimate of drug-likeness (QED) is 0.251. The summed E-state index contributed by atoms with van der Waals surface area (Å²) in [5.41, 5.74) is 11.3. The number of nitrogens with zero attached hydrogens (tertiary/aromatic N) is 3. The van der Waals surface area contributed by atoms with Crippen LogP contribution in [-0.4, -0.2) is 27.1 Å². The van der Waals surface area contributed by atoms with Crippen LogP contribution in [-0.2, 0) is 18.0 Å². The van der Waals surface area contributed by atoms with E-state index in [9.17, 15) is 4.79 Å². The van der Waals surface area contributed by atoms with Gasteiger partial charge in [-0.1, -0.05) is 35.9 Å². The van der Waals surface area contributed by atoms with Gasteiger partial charge in [0.05, 0.1) is 29.5 Å². The number of halogens is 1. The molecule has 0 radical (unpaired) electrons. The molecule has 10 heteroatoms. The second-order valence-corrected chi connectivity index (χ2v) is 8.65. The number of pyridine rings is 1. The number of hydrogen-bond donors (Lipinski definition) is 4. The van der Waals surface area contributed by atoms with Crippen molar-refractivity contribution < 1.29 is 9.53 Å². The van der Waals surface area contributed by atoms with Crippen molar-refractivity contribution in [2.24, 2.45) is 5.73 Å². The third-order valence-electron chi connectivity index (χ3n) is 5.74. The first-order valence-electron chi connectivity index (χ1n) is 11.3. The summed E-state index contributed by atoms with van der Waals surface area (Å²) >= 11 is 5.96. The third-order valence-corrected chi connectivity index (χ3v) is 5.95. The smallest absolute Gasteiger partial charge is 0.257 e. The largest absolute Gasteiger partial charge is 0.404 e. The van der Waals surface area contributed by atoms with E-state index in [2.05, 4.69) is 15.6 Å². The van der Waals surface area contributed by atoms with Crippen LogP contribution in [0.25, 0.3) is 17.0 Å². The fourth-order valence-corrected chi connectivity index (χ4v) is 4.04. The van der Waals surface area contributed by atoms with Crippen LogP contribution in [0, 0.1) is 5.41 Å². The van der Waals surface area contributed by atoms with E-state index in [1.54, 1.807) is 12.1 Å². The number of benzene rings is 2. The zero-order valence-electron chi connectivity index (χ0n) is 19.5. The Morgan fingerprint density at radius 3 is 2.62 bits per heavy atom. The van der Waals surface area contributed by atoms with Gasteiger partial charge in [-0.05, 0) is 35.9 Å². The number of ether oxygens (including phenoxy) is 1. The maximum absolute atomic E-state index is 12.6. The molecule has 0 atom stereocenters. The van der Waals surface area contributed by atoms with Crippen LogP contribution in [0.2, 0.25) is 5.02 Å². The van der Waals surface area contributed by atoms with Crippen LogP contribution in [0.3, 0.4) is 0 Å². The van der Waals surface area contributed by atoms with Crippen molar-refractivity contribution >= 4 is 46.5 Å². The highest BCUT2D eigenvalue weighted by molar-refractivity contribution is 6.30. The zero-order chi connectivity index (χ0) is 25.8. The van der Waals surface area contributed by atoms with Gasteiger partial charge in [-0.25, -0.2) is 9.97 Å². The lowest BCUT2D eigenvalue weighted by Crippen LogP contribution is -2.12. The number of aromatic nitrogens is 3. The number of fused-ring (bicyclic) bond motifs is 1. The summed E-state index contributed by atoms with van der Waals surface area (Å²) in [6.07, 6.45) is 5.54. The Morgan fingerprint density at radius 2 is 1.86 bits per heavy atom. The summed E-state index contributed by atoms with van der Waals surface area (Å²) in [6.45, 7) is 0.800. The lowest BCUT2D eigenvalue weighted by atomic mass is 10.1. The fourth-order valence-electron chi connectivity index (χ4n) is 3.87. The number of carbonyl (C=O) groups is 1. The summed E-state index contributed by atoms with van der Waals surface area (Å²) in [4.78, 5) is 26.1. The van der Waals surface area contributed by atoms with Gasteiger partial charge in [0.25, 0.3) is 5.91 Å². The van der Waals surface area contributed by atoms with Crippen molar-refractivity contribution in [1.29, 1.82) is 5.41 Å². The van der Waals surface area contributed by atoms with Crippen LogP contribution in [0.1, 0.15) is 27.2 Å². The number of nitrogens with one attached hydrogen (secondary N) is 3. The van der Waals surface area contributed by atoms with Gasteiger partial charge in [0.1, 0.15) is 5.82 Å². The molecule has 5 N–H and O–H groups in total. The average Bonchev–Trinajstić information content (AvgIpc) is 3.40. The van der Waals surface area contributed by atoms with Crippen LogP contribution in [0.5, 0.6) is 0 Å². The summed E-state index contributed by atoms with van der Waals surface area (Å²) in [5.74, 6) is 0.823. The highest BCUT2D eigenvalue weighted by atomic mass is 35.5. The number of nitrogens with two attached hydrogens (primary N) is 1. The van der Waals surface area contributed by atoms with Gasteiger partial charge in [0.15, 0.2) is 5.82 Å². The molecule has 184 valence electrons. The molecule has 2 aromatic heterocycles. The van der Waals surface area contributed by atoms with E-state index in [4.69, 9.17) is 37.4 Å². The van der Waals surface area contributed by atoms with Gasteiger partial charge in [-0.3, -0.25) is 9.78 Å². The van der Waals surface area contributed by atoms with Crippen LogP contribution in [0.4, 0.5) is 17.2 Å². The second kappa shape index (κ2) is 10.6. The number of allylic oxidation sites excluding steroid dienone is 1. The standard InChI is InChI=1S/C27H22ClN7O2/c28-20-8-18(12-31-13-20)27(36)33-22-3-1-2-17(9-22)25-34-24-15-37-14-23(24)26(35-25)32-21-6-4-16(5-7-21)19(10-29)11-30/h1-13,29H,14-15,30H2,(H,33,36)(H,32,34,35)/b19-11+,29-10?. The second-order valence-electron chi connectivity index (χ2n) is 8.21. The molecule has 0 unspecified atom stereocenters. The van der Waals surface area contributed by atoms with E-state index >= 15 is 0 Å². The van der Waals surface area contributed by atoms with Gasteiger partial charge in [-0.15, -0.1) is 0 Å². The maximum Gasteiger partial charge on any atom is 0.257 e. The van der Waals surface area contributed by atoms with E-state index in [1.807, 2.05) is 42.5 Å². The van der Waals surface area contributed by atoms with E-state index in [1.165, 1.54) is 24.8 Å². The van der Waals surface area contributed by atoms with Gasteiger partial charge in [0.2, 0.25) is 0 Å². The first-order chi connectivity index (χ1) is 18.0. The van der Waals surface area contributed by atoms with E-state index in [0.29, 0.717) is 46.7 Å². The van der Waals surface area contributed by atoms with Crippen molar-refractivity contribution in [2.45, 2.75) is 13.2 Å². The molecule has 1 amide bonds. The average molecular weight is 512 g/mol. The van der Waals surface area contributed by atoms with Crippen molar-refractivity contribution in [3.63, 3.8) is 0 Å². The molecule has 1 aliphatic rings. The summed E-state index contributed by atoms with van der Waals surface area (Å²) in [5, 5.41) is 14.1.